The maximum atomic E-state index is 12.7. The van der Waals surface area contributed by atoms with Crippen LogP contribution >= 0.6 is 0 Å². The molecule has 0 amide bonds. The van der Waals surface area contributed by atoms with Gasteiger partial charge in [-0.15, -0.1) is 0 Å². The highest BCUT2D eigenvalue weighted by Crippen LogP contribution is 2.16. The van der Waals surface area contributed by atoms with Crippen LogP contribution in [0.2, 0.25) is 0 Å². The van der Waals surface area contributed by atoms with Crippen LogP contribution in [0, 0.1) is 0 Å². The Morgan fingerprint density at radius 2 is 1.67 bits per heavy atom. The molecule has 0 atom stereocenters. The quantitative estimate of drug-likeness (QED) is 0.670. The number of rotatable bonds is 6. The Labute approximate surface area is 157 Å². The topological polar surface area (TPSA) is 71.1 Å². The van der Waals surface area contributed by atoms with Crippen molar-refractivity contribution in [3.8, 4) is 5.75 Å². The molecule has 2 heterocycles. The van der Waals surface area contributed by atoms with Crippen molar-refractivity contribution < 1.29 is 4.74 Å². The minimum Gasteiger partial charge on any atom is -0.494 e. The van der Waals surface area contributed by atoms with E-state index in [9.17, 15) is 9.59 Å². The lowest BCUT2D eigenvalue weighted by atomic mass is 10.2. The van der Waals surface area contributed by atoms with Gasteiger partial charge in [0, 0.05) is 20.1 Å². The van der Waals surface area contributed by atoms with Crippen LogP contribution in [0.25, 0.3) is 23.3 Å². The van der Waals surface area contributed by atoms with E-state index in [1.54, 1.807) is 18.5 Å². The van der Waals surface area contributed by atoms with Crippen molar-refractivity contribution in [3.05, 3.63) is 56.5 Å². The lowest BCUT2D eigenvalue weighted by molar-refractivity contribution is 0.340. The first-order valence-corrected chi connectivity index (χ1v) is 9.12. The van der Waals surface area contributed by atoms with Gasteiger partial charge < -0.3 is 9.30 Å². The Kier molecular flexibility index (Phi) is 5.30. The highest BCUT2D eigenvalue weighted by Gasteiger charge is 2.17. The lowest BCUT2D eigenvalue weighted by Crippen LogP contribution is -2.39. The summed E-state index contributed by atoms with van der Waals surface area (Å²) in [4.78, 5) is 29.7. The fraction of sp³-hybridized carbons (Fsp3) is 0.350. The number of aromatic nitrogens is 4. The predicted octanol–water partition coefficient (Wildman–Crippen LogP) is 2.51. The van der Waals surface area contributed by atoms with Crippen LogP contribution in [0.5, 0.6) is 5.75 Å². The third kappa shape index (κ3) is 3.32. The summed E-state index contributed by atoms with van der Waals surface area (Å²) in [5.41, 5.74) is 1.22. The third-order valence-electron chi connectivity index (χ3n) is 4.52. The Hall–Kier alpha value is -3.09. The van der Waals surface area contributed by atoms with Crippen molar-refractivity contribution in [1.82, 2.24) is 18.7 Å². The van der Waals surface area contributed by atoms with E-state index in [2.05, 4.69) is 4.98 Å². The van der Waals surface area contributed by atoms with E-state index in [1.807, 2.05) is 50.3 Å². The van der Waals surface area contributed by atoms with E-state index >= 15 is 0 Å². The van der Waals surface area contributed by atoms with Gasteiger partial charge >= 0.3 is 5.69 Å². The predicted molar refractivity (Wildman–Crippen MR) is 107 cm³/mol. The normalized spacial score (nSPS) is 11.6. The van der Waals surface area contributed by atoms with Crippen molar-refractivity contribution in [3.63, 3.8) is 0 Å². The van der Waals surface area contributed by atoms with Crippen molar-refractivity contribution >= 4 is 23.3 Å². The second kappa shape index (κ2) is 7.65. The molecule has 0 aliphatic carbocycles. The molecule has 1 aromatic carbocycles. The summed E-state index contributed by atoms with van der Waals surface area (Å²) in [6.07, 6.45) is 3.76. The zero-order valence-corrected chi connectivity index (χ0v) is 16.1. The molecule has 0 aliphatic rings. The van der Waals surface area contributed by atoms with Crippen LogP contribution in [0.1, 0.15) is 32.2 Å². The van der Waals surface area contributed by atoms with Gasteiger partial charge in [0.2, 0.25) is 0 Å². The Morgan fingerprint density at radius 3 is 2.26 bits per heavy atom. The smallest absolute Gasteiger partial charge is 0.332 e. The molecule has 0 unspecified atom stereocenters. The van der Waals surface area contributed by atoms with Crippen LogP contribution in [-0.2, 0) is 20.1 Å². The van der Waals surface area contributed by atoms with Crippen LogP contribution in [-0.4, -0.2) is 25.3 Å². The molecule has 0 spiro atoms. The minimum atomic E-state index is -0.322. The Balaban J connectivity index is 2.08. The Bertz CT molecular complexity index is 1100. The fourth-order valence-electron chi connectivity index (χ4n) is 3.10. The van der Waals surface area contributed by atoms with Crippen molar-refractivity contribution in [2.24, 2.45) is 7.05 Å². The van der Waals surface area contributed by atoms with Gasteiger partial charge in [-0.1, -0.05) is 18.2 Å². The molecule has 2 aromatic heterocycles. The number of nitrogens with zero attached hydrogens (tertiary/aromatic N) is 4. The average Bonchev–Trinajstić information content (AvgIpc) is 2.99. The van der Waals surface area contributed by atoms with Gasteiger partial charge in [-0.2, -0.15) is 0 Å². The molecule has 142 valence electrons. The first-order chi connectivity index (χ1) is 13.0. The molecule has 27 heavy (non-hydrogen) atoms. The number of imidazole rings is 1. The third-order valence-corrected chi connectivity index (χ3v) is 4.52. The number of aryl methyl sites for hydroxylation is 2. The van der Waals surface area contributed by atoms with Crippen LogP contribution in [0.3, 0.4) is 0 Å². The molecule has 7 heteroatoms. The first-order valence-electron chi connectivity index (χ1n) is 9.12. The van der Waals surface area contributed by atoms with Crippen LogP contribution in [0.4, 0.5) is 0 Å². The van der Waals surface area contributed by atoms with Gasteiger partial charge in [0.15, 0.2) is 11.2 Å². The highest BCUT2D eigenvalue weighted by atomic mass is 16.5. The first kappa shape index (κ1) is 18.7. The number of fused-ring (bicyclic) bond motifs is 1. The van der Waals surface area contributed by atoms with Crippen LogP contribution in [0.15, 0.2) is 33.9 Å². The second-order valence-electron chi connectivity index (χ2n) is 6.11. The summed E-state index contributed by atoms with van der Waals surface area (Å²) >= 11 is 0. The van der Waals surface area contributed by atoms with Gasteiger partial charge in [0.1, 0.15) is 11.6 Å². The molecule has 0 fully saturated rings. The highest BCUT2D eigenvalue weighted by molar-refractivity contribution is 5.76. The largest absolute Gasteiger partial charge is 0.494 e. The minimum absolute atomic E-state index is 0.307. The summed E-state index contributed by atoms with van der Waals surface area (Å²) in [6.45, 7) is 7.02. The molecule has 0 saturated heterocycles. The number of hydrogen-bond donors (Lipinski definition) is 0. The summed E-state index contributed by atoms with van der Waals surface area (Å²) in [5.74, 6) is 1.44. The monoisotopic (exact) mass is 368 g/mol. The zero-order valence-electron chi connectivity index (χ0n) is 16.1. The van der Waals surface area contributed by atoms with E-state index in [0.717, 1.165) is 11.3 Å². The maximum Gasteiger partial charge on any atom is 0.332 e. The Morgan fingerprint density at radius 1 is 1.00 bits per heavy atom. The van der Waals surface area contributed by atoms with Gasteiger partial charge in [0.05, 0.1) is 6.61 Å². The standard InChI is InChI=1S/C20H24N4O3/c1-5-23-18-17(19(25)24(6-2)20(23)26)22(4)16(21-18)13-10-14-8-11-15(12-9-14)27-7-3/h8-13H,5-7H2,1-4H3/b13-10+. The number of ether oxygens (including phenoxy) is 1. The molecule has 0 bridgehead atoms. The average molecular weight is 368 g/mol. The van der Waals surface area contributed by atoms with Crippen molar-refractivity contribution in [1.29, 1.82) is 0 Å². The zero-order chi connectivity index (χ0) is 19.6. The maximum absolute atomic E-state index is 12.7. The number of benzene rings is 1. The summed E-state index contributed by atoms with van der Waals surface area (Å²) in [6, 6.07) is 7.73. The van der Waals surface area contributed by atoms with Crippen molar-refractivity contribution in [2.45, 2.75) is 33.9 Å². The summed E-state index contributed by atoms with van der Waals surface area (Å²) in [7, 11) is 1.79. The van der Waals surface area contributed by atoms with E-state index in [4.69, 9.17) is 4.74 Å². The lowest BCUT2D eigenvalue weighted by Gasteiger charge is -2.08. The van der Waals surface area contributed by atoms with E-state index in [0.29, 0.717) is 36.7 Å². The molecule has 0 N–H and O–H groups in total. The molecule has 3 aromatic rings. The van der Waals surface area contributed by atoms with Gasteiger partial charge in [-0.05, 0) is 44.5 Å². The van der Waals surface area contributed by atoms with Gasteiger partial charge in [-0.3, -0.25) is 13.9 Å². The summed E-state index contributed by atoms with van der Waals surface area (Å²) < 4.78 is 9.96. The van der Waals surface area contributed by atoms with Crippen molar-refractivity contribution in [2.75, 3.05) is 6.61 Å². The van der Waals surface area contributed by atoms with Crippen LogP contribution < -0.4 is 16.0 Å². The van der Waals surface area contributed by atoms with E-state index in [-0.39, 0.29) is 11.2 Å². The van der Waals surface area contributed by atoms with E-state index in [1.165, 1.54) is 9.13 Å². The fourth-order valence-corrected chi connectivity index (χ4v) is 3.10. The molecular formula is C20H24N4O3. The van der Waals surface area contributed by atoms with Gasteiger partial charge in [0.25, 0.3) is 5.56 Å². The molecule has 7 nitrogen and oxygen atoms in total. The second-order valence-corrected chi connectivity index (χ2v) is 6.11. The van der Waals surface area contributed by atoms with Gasteiger partial charge in [-0.25, -0.2) is 9.78 Å². The molecule has 0 radical (unpaired) electrons. The summed E-state index contributed by atoms with van der Waals surface area (Å²) in [5, 5.41) is 0. The molecule has 3 rings (SSSR count). The van der Waals surface area contributed by atoms with E-state index < -0.39 is 0 Å². The molecule has 0 saturated carbocycles. The SMILES string of the molecule is CCOc1ccc(/C=C/c2nc3c(c(=O)n(CC)c(=O)n3CC)n2C)cc1. The molecule has 0 aliphatic heterocycles. The number of hydrogen-bond acceptors (Lipinski definition) is 4. The molecular weight excluding hydrogens is 344 g/mol.